The van der Waals surface area contributed by atoms with Crippen LogP contribution in [0.15, 0.2) is 88.7 Å². The van der Waals surface area contributed by atoms with Crippen molar-refractivity contribution in [3.05, 3.63) is 94.5 Å². The number of halogens is 2. The molecular formula is C23H17Cl2NO2S2. The predicted octanol–water partition coefficient (Wildman–Crippen LogP) is 6.18. The molecule has 0 aromatic heterocycles. The third-order valence-electron chi connectivity index (χ3n) is 4.63. The van der Waals surface area contributed by atoms with Crippen molar-refractivity contribution in [1.82, 2.24) is 4.90 Å². The molecule has 0 saturated carbocycles. The second-order valence-corrected chi connectivity index (χ2v) is 10.0. The number of benzene rings is 3. The average Bonchev–Trinajstić information content (AvgIpc) is 2.96. The molecule has 152 valence electrons. The number of likely N-dealkylation sites (tertiary alicyclic amines) is 1. The van der Waals surface area contributed by atoms with Gasteiger partial charge in [-0.25, -0.2) is 0 Å². The monoisotopic (exact) mass is 473 g/mol. The van der Waals surface area contributed by atoms with E-state index < -0.39 is 10.5 Å². The van der Waals surface area contributed by atoms with Gasteiger partial charge in [-0.2, -0.15) is 0 Å². The fraction of sp³-hybridized carbons (Fsp3) is 0.130. The van der Waals surface area contributed by atoms with Crippen molar-refractivity contribution < 1.29 is 9.59 Å². The van der Waals surface area contributed by atoms with Gasteiger partial charge in [0.1, 0.15) is 10.5 Å². The lowest BCUT2D eigenvalue weighted by atomic mass is 10.2. The Bertz CT molecular complexity index is 978. The van der Waals surface area contributed by atoms with E-state index in [0.717, 1.165) is 15.4 Å². The van der Waals surface area contributed by atoms with Gasteiger partial charge in [0.05, 0.1) is 6.54 Å². The molecule has 0 radical (unpaired) electrons. The van der Waals surface area contributed by atoms with Gasteiger partial charge in [-0.3, -0.25) is 14.5 Å². The first-order chi connectivity index (χ1) is 14.5. The highest BCUT2D eigenvalue weighted by Gasteiger charge is 2.48. The minimum Gasteiger partial charge on any atom is -0.276 e. The van der Waals surface area contributed by atoms with E-state index in [-0.39, 0.29) is 18.4 Å². The summed E-state index contributed by atoms with van der Waals surface area (Å²) in [7, 11) is 0. The van der Waals surface area contributed by atoms with E-state index >= 15 is 0 Å². The SMILES string of the molecule is O=C1[C@H](Sc2ccc(Cl)cc2)[C@@H](Sc2ccc(Cl)cc2)C(=O)N1Cc1ccccc1. The molecule has 3 aromatic rings. The molecule has 7 heteroatoms. The number of amides is 2. The maximum atomic E-state index is 13.3. The third-order valence-corrected chi connectivity index (χ3v) is 7.85. The van der Waals surface area contributed by atoms with Crippen LogP contribution in [-0.4, -0.2) is 27.2 Å². The van der Waals surface area contributed by atoms with Crippen molar-refractivity contribution in [1.29, 1.82) is 0 Å². The zero-order chi connectivity index (χ0) is 21.1. The van der Waals surface area contributed by atoms with Gasteiger partial charge in [0.25, 0.3) is 0 Å². The minimum atomic E-state index is -0.525. The lowest BCUT2D eigenvalue weighted by Gasteiger charge is -2.14. The number of imide groups is 1. The van der Waals surface area contributed by atoms with Crippen LogP contribution in [0.3, 0.4) is 0 Å². The Morgan fingerprint density at radius 3 is 1.53 bits per heavy atom. The van der Waals surface area contributed by atoms with Gasteiger partial charge < -0.3 is 0 Å². The topological polar surface area (TPSA) is 37.4 Å². The quantitative estimate of drug-likeness (QED) is 0.400. The summed E-state index contributed by atoms with van der Waals surface area (Å²) in [6.07, 6.45) is 0. The van der Waals surface area contributed by atoms with Crippen LogP contribution in [0.4, 0.5) is 0 Å². The van der Waals surface area contributed by atoms with E-state index in [9.17, 15) is 9.59 Å². The summed E-state index contributed by atoms with van der Waals surface area (Å²) >= 11 is 14.8. The van der Waals surface area contributed by atoms with Gasteiger partial charge in [0.2, 0.25) is 11.8 Å². The number of hydrogen-bond acceptors (Lipinski definition) is 4. The number of carbonyl (C=O) groups excluding carboxylic acids is 2. The van der Waals surface area contributed by atoms with Gasteiger partial charge in [0.15, 0.2) is 0 Å². The van der Waals surface area contributed by atoms with Gasteiger partial charge in [-0.1, -0.05) is 53.5 Å². The summed E-state index contributed by atoms with van der Waals surface area (Å²) in [5, 5.41) is 0.211. The fourth-order valence-corrected chi connectivity index (χ4v) is 5.83. The van der Waals surface area contributed by atoms with Crippen LogP contribution in [0.25, 0.3) is 0 Å². The van der Waals surface area contributed by atoms with E-state index in [1.807, 2.05) is 54.6 Å². The molecule has 0 bridgehead atoms. The molecule has 1 saturated heterocycles. The Kier molecular flexibility index (Phi) is 6.74. The van der Waals surface area contributed by atoms with Gasteiger partial charge in [-0.15, -0.1) is 23.5 Å². The molecule has 1 aliphatic rings. The molecule has 0 unspecified atom stereocenters. The molecule has 0 N–H and O–H groups in total. The maximum absolute atomic E-state index is 13.3. The summed E-state index contributed by atoms with van der Waals surface area (Å²) in [5.74, 6) is -0.342. The number of nitrogens with zero attached hydrogens (tertiary/aromatic N) is 1. The highest BCUT2D eigenvalue weighted by atomic mass is 35.5. The predicted molar refractivity (Wildman–Crippen MR) is 124 cm³/mol. The van der Waals surface area contributed by atoms with Crippen molar-refractivity contribution in [2.45, 2.75) is 26.8 Å². The number of hydrogen-bond donors (Lipinski definition) is 0. The third kappa shape index (κ3) is 4.86. The highest BCUT2D eigenvalue weighted by molar-refractivity contribution is 8.05. The van der Waals surface area contributed by atoms with Gasteiger partial charge >= 0.3 is 0 Å². The molecule has 1 aliphatic heterocycles. The summed E-state index contributed by atoms with van der Waals surface area (Å²) < 4.78 is 0. The molecule has 30 heavy (non-hydrogen) atoms. The van der Waals surface area contributed by atoms with Crippen LogP contribution < -0.4 is 0 Å². The van der Waals surface area contributed by atoms with Crippen LogP contribution >= 0.6 is 46.7 Å². The Balaban J connectivity index is 1.61. The normalized spacial score (nSPS) is 18.8. The van der Waals surface area contributed by atoms with E-state index in [1.165, 1.54) is 28.4 Å². The number of carbonyl (C=O) groups is 2. The van der Waals surface area contributed by atoms with E-state index in [2.05, 4.69) is 0 Å². The van der Waals surface area contributed by atoms with Crippen molar-refractivity contribution in [3.63, 3.8) is 0 Å². The van der Waals surface area contributed by atoms with E-state index in [4.69, 9.17) is 23.2 Å². The summed E-state index contributed by atoms with van der Waals surface area (Å²) in [6.45, 7) is 0.272. The minimum absolute atomic E-state index is 0.171. The van der Waals surface area contributed by atoms with Crippen LogP contribution in [0.2, 0.25) is 10.0 Å². The highest BCUT2D eigenvalue weighted by Crippen LogP contribution is 2.41. The zero-order valence-electron chi connectivity index (χ0n) is 15.7. The number of thioether (sulfide) groups is 2. The molecule has 1 heterocycles. The molecule has 0 spiro atoms. The Morgan fingerprint density at radius 1 is 0.667 bits per heavy atom. The lowest BCUT2D eigenvalue weighted by molar-refractivity contribution is -0.138. The molecule has 0 aliphatic carbocycles. The molecule has 4 rings (SSSR count). The molecule has 2 amide bonds. The first kappa shape index (κ1) is 21.3. The molecular weight excluding hydrogens is 457 g/mol. The van der Waals surface area contributed by atoms with Crippen molar-refractivity contribution >= 4 is 58.5 Å². The smallest absolute Gasteiger partial charge is 0.244 e. The molecule has 1 fully saturated rings. The van der Waals surface area contributed by atoms with E-state index in [0.29, 0.717) is 10.0 Å². The number of rotatable bonds is 6. The lowest BCUT2D eigenvalue weighted by Crippen LogP contribution is -2.31. The van der Waals surface area contributed by atoms with Crippen LogP contribution in [0, 0.1) is 0 Å². The van der Waals surface area contributed by atoms with Gasteiger partial charge in [-0.05, 0) is 54.1 Å². The average molecular weight is 474 g/mol. The first-order valence-corrected chi connectivity index (χ1v) is 11.8. The maximum Gasteiger partial charge on any atom is 0.244 e. The van der Waals surface area contributed by atoms with Crippen LogP contribution in [-0.2, 0) is 16.1 Å². The van der Waals surface area contributed by atoms with Crippen LogP contribution in [0.5, 0.6) is 0 Å². The first-order valence-electron chi connectivity index (χ1n) is 9.25. The van der Waals surface area contributed by atoms with Crippen LogP contribution in [0.1, 0.15) is 5.56 Å². The van der Waals surface area contributed by atoms with E-state index in [1.54, 1.807) is 24.3 Å². The largest absolute Gasteiger partial charge is 0.276 e. The standard InChI is InChI=1S/C23H17Cl2NO2S2/c24-16-6-10-18(11-7-16)29-20-21(30-19-12-8-17(25)9-13-19)23(28)26(22(20)27)14-15-4-2-1-3-5-15/h1-13,20-21H,14H2/t20-,21-/m1/s1. The zero-order valence-corrected chi connectivity index (χ0v) is 18.8. The van der Waals surface area contributed by atoms with Crippen molar-refractivity contribution in [2.24, 2.45) is 0 Å². The Hall–Kier alpha value is -1.92. The summed E-state index contributed by atoms with van der Waals surface area (Å²) in [5.41, 5.74) is 0.923. The second kappa shape index (κ2) is 9.48. The van der Waals surface area contributed by atoms with Crippen molar-refractivity contribution in [3.8, 4) is 0 Å². The summed E-state index contributed by atoms with van der Waals surface area (Å²) in [6, 6.07) is 24.2. The Labute approximate surface area is 193 Å². The second-order valence-electron chi connectivity index (χ2n) is 6.73. The molecule has 3 aromatic carbocycles. The fourth-order valence-electron chi connectivity index (χ4n) is 3.14. The Morgan fingerprint density at radius 2 is 1.10 bits per heavy atom. The van der Waals surface area contributed by atoms with Crippen molar-refractivity contribution in [2.75, 3.05) is 0 Å². The molecule has 3 nitrogen and oxygen atoms in total. The summed E-state index contributed by atoms with van der Waals surface area (Å²) in [4.78, 5) is 29.7. The molecule has 2 atom stereocenters. The van der Waals surface area contributed by atoms with Gasteiger partial charge in [0, 0.05) is 19.8 Å².